The lowest BCUT2D eigenvalue weighted by molar-refractivity contribution is 0.0532. The predicted octanol–water partition coefficient (Wildman–Crippen LogP) is 2.89. The quantitative estimate of drug-likeness (QED) is 0.614. The van der Waals surface area contributed by atoms with Crippen molar-refractivity contribution < 1.29 is 18.7 Å². The van der Waals surface area contributed by atoms with Gasteiger partial charge in [-0.05, 0) is 55.0 Å². The third-order valence-corrected chi connectivity index (χ3v) is 5.81. The molecule has 8 heteroatoms. The van der Waals surface area contributed by atoms with Crippen LogP contribution < -0.4 is 10.3 Å². The van der Waals surface area contributed by atoms with Crippen LogP contribution in [-0.2, 0) is 0 Å². The van der Waals surface area contributed by atoms with Gasteiger partial charge in [0, 0.05) is 38.1 Å². The molecule has 0 bridgehead atoms. The molecule has 1 aromatic heterocycles. The molecule has 4 rings (SSSR count). The minimum absolute atomic E-state index is 0.0753. The summed E-state index contributed by atoms with van der Waals surface area (Å²) in [5, 5.41) is 0. The van der Waals surface area contributed by atoms with Crippen molar-refractivity contribution in [2.45, 2.75) is 6.92 Å². The van der Waals surface area contributed by atoms with Gasteiger partial charge in [-0.25, -0.2) is 4.39 Å². The zero-order chi connectivity index (χ0) is 23.5. The van der Waals surface area contributed by atoms with Crippen LogP contribution in [0.1, 0.15) is 26.3 Å². The van der Waals surface area contributed by atoms with Crippen LogP contribution in [-0.4, -0.2) is 59.5 Å². The second kappa shape index (κ2) is 9.28. The number of carbonyl (C=O) groups is 2. The fourth-order valence-corrected chi connectivity index (χ4v) is 3.95. The molecule has 170 valence electrons. The van der Waals surface area contributed by atoms with E-state index in [-0.39, 0.29) is 17.4 Å². The number of carbonyl (C=O) groups excluding carboxylic acids is 2. The first-order valence-electron chi connectivity index (χ1n) is 10.6. The summed E-state index contributed by atoms with van der Waals surface area (Å²) < 4.78 is 19.9. The molecule has 7 nitrogen and oxygen atoms in total. The first-order chi connectivity index (χ1) is 15.9. The van der Waals surface area contributed by atoms with E-state index in [0.717, 1.165) is 0 Å². The molecule has 1 fully saturated rings. The number of piperazine rings is 1. The summed E-state index contributed by atoms with van der Waals surface area (Å²) in [6.07, 6.45) is 1.57. The Balaban J connectivity index is 1.52. The van der Waals surface area contributed by atoms with Crippen LogP contribution in [0.5, 0.6) is 5.75 Å². The van der Waals surface area contributed by atoms with Gasteiger partial charge in [0.2, 0.25) is 0 Å². The summed E-state index contributed by atoms with van der Waals surface area (Å²) in [7, 11) is 1.52. The number of methoxy groups -OCH3 is 1. The molecule has 0 radical (unpaired) electrons. The fourth-order valence-electron chi connectivity index (χ4n) is 3.95. The van der Waals surface area contributed by atoms with Crippen LogP contribution in [0.25, 0.3) is 5.69 Å². The van der Waals surface area contributed by atoms with E-state index in [9.17, 15) is 18.8 Å². The van der Waals surface area contributed by atoms with Crippen LogP contribution in [0.4, 0.5) is 4.39 Å². The number of rotatable bonds is 4. The minimum Gasteiger partial charge on any atom is -0.496 e. The average Bonchev–Trinajstić information content (AvgIpc) is 2.84. The Morgan fingerprint density at radius 3 is 2.12 bits per heavy atom. The second-order valence-electron chi connectivity index (χ2n) is 7.81. The normalized spacial score (nSPS) is 13.7. The van der Waals surface area contributed by atoms with Gasteiger partial charge in [0.15, 0.2) is 0 Å². The Morgan fingerprint density at radius 1 is 0.879 bits per heavy atom. The van der Waals surface area contributed by atoms with Crippen molar-refractivity contribution in [3.63, 3.8) is 0 Å². The highest BCUT2D eigenvalue weighted by Gasteiger charge is 2.29. The van der Waals surface area contributed by atoms with Gasteiger partial charge in [0.25, 0.3) is 17.4 Å². The largest absolute Gasteiger partial charge is 0.496 e. The molecular weight excluding hydrogens is 425 g/mol. The van der Waals surface area contributed by atoms with Gasteiger partial charge in [-0.3, -0.25) is 19.0 Å². The number of para-hydroxylation sites is 1. The number of pyridine rings is 1. The third kappa shape index (κ3) is 4.37. The smallest absolute Gasteiger partial charge is 0.268 e. The van der Waals surface area contributed by atoms with Crippen molar-refractivity contribution in [3.8, 4) is 11.4 Å². The van der Waals surface area contributed by atoms with E-state index in [1.165, 1.54) is 35.9 Å². The molecule has 1 aliphatic rings. The Hall–Kier alpha value is -3.94. The molecule has 1 saturated heterocycles. The maximum absolute atomic E-state index is 13.3. The number of hydrogen-bond acceptors (Lipinski definition) is 4. The Morgan fingerprint density at radius 2 is 1.48 bits per heavy atom. The molecular formula is C25H24FN3O4. The number of benzene rings is 2. The van der Waals surface area contributed by atoms with Gasteiger partial charge in [-0.1, -0.05) is 12.1 Å². The molecule has 0 unspecified atom stereocenters. The van der Waals surface area contributed by atoms with Crippen molar-refractivity contribution in [2.75, 3.05) is 33.3 Å². The van der Waals surface area contributed by atoms with E-state index >= 15 is 0 Å². The maximum atomic E-state index is 13.3. The molecule has 33 heavy (non-hydrogen) atoms. The molecule has 0 aliphatic carbocycles. The summed E-state index contributed by atoms with van der Waals surface area (Å²) in [6, 6.07) is 14.2. The topological polar surface area (TPSA) is 71.8 Å². The lowest BCUT2D eigenvalue weighted by Gasteiger charge is -2.35. The number of hydrogen-bond donors (Lipinski definition) is 0. The van der Waals surface area contributed by atoms with E-state index in [2.05, 4.69) is 0 Å². The van der Waals surface area contributed by atoms with Gasteiger partial charge in [-0.2, -0.15) is 0 Å². The minimum atomic E-state index is -0.459. The molecule has 2 amide bonds. The van der Waals surface area contributed by atoms with E-state index in [0.29, 0.717) is 48.7 Å². The van der Waals surface area contributed by atoms with Gasteiger partial charge in [0.05, 0.1) is 12.7 Å². The van der Waals surface area contributed by atoms with E-state index in [1.54, 1.807) is 53.3 Å². The van der Waals surface area contributed by atoms with Crippen LogP contribution >= 0.6 is 0 Å². The highest BCUT2D eigenvalue weighted by Crippen LogP contribution is 2.20. The monoisotopic (exact) mass is 449 g/mol. The van der Waals surface area contributed by atoms with E-state index < -0.39 is 11.4 Å². The number of ether oxygens (including phenoxy) is 1. The van der Waals surface area contributed by atoms with Crippen LogP contribution in [0.2, 0.25) is 0 Å². The highest BCUT2D eigenvalue weighted by atomic mass is 19.1. The molecule has 0 saturated carbocycles. The molecule has 0 N–H and O–H groups in total. The first kappa shape index (κ1) is 22.3. The summed E-state index contributed by atoms with van der Waals surface area (Å²) in [5.74, 6) is -0.439. The SMILES string of the molecule is COc1ccccc1C(=O)N1CCN(C(=O)c2c(C)ccn(-c3ccc(F)cc3)c2=O)CC1. The van der Waals surface area contributed by atoms with Gasteiger partial charge >= 0.3 is 0 Å². The zero-order valence-corrected chi connectivity index (χ0v) is 18.5. The van der Waals surface area contributed by atoms with Crippen molar-refractivity contribution in [1.82, 2.24) is 14.4 Å². The van der Waals surface area contributed by atoms with E-state index in [4.69, 9.17) is 4.74 Å². The lowest BCUT2D eigenvalue weighted by Crippen LogP contribution is -2.51. The fraction of sp³-hybridized carbons (Fsp3) is 0.240. The third-order valence-electron chi connectivity index (χ3n) is 5.81. The zero-order valence-electron chi connectivity index (χ0n) is 18.5. The van der Waals surface area contributed by atoms with Crippen LogP contribution in [0.15, 0.2) is 65.6 Å². The second-order valence-corrected chi connectivity index (χ2v) is 7.81. The van der Waals surface area contributed by atoms with Crippen molar-refractivity contribution in [2.24, 2.45) is 0 Å². The number of nitrogens with zero attached hydrogens (tertiary/aromatic N) is 3. The van der Waals surface area contributed by atoms with Crippen LogP contribution in [0, 0.1) is 12.7 Å². The van der Waals surface area contributed by atoms with Gasteiger partial charge in [-0.15, -0.1) is 0 Å². The Kier molecular flexibility index (Phi) is 6.26. The molecule has 1 aliphatic heterocycles. The molecule has 2 heterocycles. The van der Waals surface area contributed by atoms with Gasteiger partial charge < -0.3 is 14.5 Å². The lowest BCUT2D eigenvalue weighted by atomic mass is 10.1. The van der Waals surface area contributed by atoms with Crippen molar-refractivity contribution in [3.05, 3.63) is 93.7 Å². The first-order valence-corrected chi connectivity index (χ1v) is 10.6. The Labute approximate surface area is 190 Å². The average molecular weight is 449 g/mol. The van der Waals surface area contributed by atoms with E-state index in [1.807, 2.05) is 0 Å². The number of aromatic nitrogens is 1. The summed E-state index contributed by atoms with van der Waals surface area (Å²) in [6.45, 7) is 3.03. The maximum Gasteiger partial charge on any atom is 0.268 e. The van der Waals surface area contributed by atoms with Crippen LogP contribution in [0.3, 0.4) is 0 Å². The Bertz CT molecular complexity index is 1250. The number of aryl methyl sites for hydroxylation is 1. The summed E-state index contributed by atoms with van der Waals surface area (Å²) >= 11 is 0. The predicted molar refractivity (Wildman–Crippen MR) is 122 cm³/mol. The standard InChI is InChI=1S/C25H24FN3O4/c1-17-11-12-29(19-9-7-18(26)8-10-19)25(32)22(17)24(31)28-15-13-27(14-16-28)23(30)20-5-3-4-6-21(20)33-2/h3-12H,13-16H2,1-2H3. The summed E-state index contributed by atoms with van der Waals surface area (Å²) in [5.41, 5.74) is 1.13. The van der Waals surface area contributed by atoms with Crippen molar-refractivity contribution >= 4 is 11.8 Å². The van der Waals surface area contributed by atoms with Gasteiger partial charge in [0.1, 0.15) is 17.1 Å². The highest BCUT2D eigenvalue weighted by molar-refractivity contribution is 5.98. The molecule has 0 spiro atoms. The number of amides is 2. The molecule has 0 atom stereocenters. The molecule has 3 aromatic rings. The van der Waals surface area contributed by atoms with Crippen molar-refractivity contribution in [1.29, 1.82) is 0 Å². The molecule has 2 aromatic carbocycles. The number of halogens is 1. The summed E-state index contributed by atoms with van der Waals surface area (Å²) in [4.78, 5) is 42.6.